The number of pyridine rings is 1. The molecule has 4 aromatic rings. The number of nitrogens with zero attached hydrogens (tertiary/aromatic N) is 2. The van der Waals surface area contributed by atoms with Crippen LogP contribution in [0.2, 0.25) is 5.02 Å². The summed E-state index contributed by atoms with van der Waals surface area (Å²) in [5, 5.41) is 1.65. The van der Waals surface area contributed by atoms with Gasteiger partial charge in [-0.05, 0) is 13.0 Å². The molecular formula is C23H17ClN2. The number of halogens is 1. The van der Waals surface area contributed by atoms with Gasteiger partial charge in [-0.3, -0.25) is 0 Å². The van der Waals surface area contributed by atoms with E-state index in [1.165, 1.54) is 0 Å². The molecular weight excluding hydrogens is 340 g/mol. The molecule has 0 aliphatic heterocycles. The molecule has 3 aromatic carbocycles. The van der Waals surface area contributed by atoms with Gasteiger partial charge in [-0.25, -0.2) is 9.98 Å². The molecule has 0 unspecified atom stereocenters. The highest BCUT2D eigenvalue weighted by molar-refractivity contribution is 6.36. The van der Waals surface area contributed by atoms with Gasteiger partial charge in [-0.1, -0.05) is 90.5 Å². The maximum absolute atomic E-state index is 6.60. The third-order valence-corrected chi connectivity index (χ3v) is 4.83. The SMILES string of the molecule is Cc1c(N=C(c2ccccc2)c2ccccc2)nc2ccccc2c1Cl. The maximum Gasteiger partial charge on any atom is 0.157 e. The number of aliphatic imine (C=N–C) groups is 1. The normalized spacial score (nSPS) is 10.7. The van der Waals surface area contributed by atoms with E-state index in [0.29, 0.717) is 10.8 Å². The smallest absolute Gasteiger partial charge is 0.157 e. The lowest BCUT2D eigenvalue weighted by Gasteiger charge is -2.11. The van der Waals surface area contributed by atoms with Crippen molar-refractivity contribution in [1.29, 1.82) is 0 Å². The van der Waals surface area contributed by atoms with E-state index in [2.05, 4.69) is 24.3 Å². The van der Waals surface area contributed by atoms with Crippen molar-refractivity contribution in [2.24, 2.45) is 4.99 Å². The Hall–Kier alpha value is -2.97. The summed E-state index contributed by atoms with van der Waals surface area (Å²) in [5.41, 5.74) is 4.71. The monoisotopic (exact) mass is 356 g/mol. The molecule has 0 radical (unpaired) electrons. The van der Waals surface area contributed by atoms with Crippen LogP contribution in [0.4, 0.5) is 5.82 Å². The number of hydrogen-bond acceptors (Lipinski definition) is 2. The molecule has 126 valence electrons. The van der Waals surface area contributed by atoms with Crippen molar-refractivity contribution in [1.82, 2.24) is 4.98 Å². The number of aromatic nitrogens is 1. The van der Waals surface area contributed by atoms with Crippen molar-refractivity contribution >= 4 is 34.0 Å². The summed E-state index contributed by atoms with van der Waals surface area (Å²) in [6, 6.07) is 28.2. The van der Waals surface area contributed by atoms with E-state index in [0.717, 1.165) is 33.3 Å². The van der Waals surface area contributed by atoms with E-state index in [1.807, 2.05) is 67.6 Å². The molecule has 0 amide bonds. The molecule has 1 heterocycles. The van der Waals surface area contributed by atoms with Crippen LogP contribution < -0.4 is 0 Å². The van der Waals surface area contributed by atoms with Crippen molar-refractivity contribution in [3.05, 3.63) is 107 Å². The van der Waals surface area contributed by atoms with Crippen LogP contribution in [-0.2, 0) is 0 Å². The summed E-state index contributed by atoms with van der Waals surface area (Å²) in [6.45, 7) is 1.97. The van der Waals surface area contributed by atoms with Crippen molar-refractivity contribution < 1.29 is 0 Å². The molecule has 2 nitrogen and oxygen atoms in total. The zero-order chi connectivity index (χ0) is 17.9. The summed E-state index contributed by atoms with van der Waals surface area (Å²) in [7, 11) is 0. The Morgan fingerprint density at radius 1 is 0.769 bits per heavy atom. The largest absolute Gasteiger partial charge is 0.228 e. The Kier molecular flexibility index (Phi) is 4.51. The van der Waals surface area contributed by atoms with Crippen molar-refractivity contribution in [3.8, 4) is 0 Å². The number of hydrogen-bond donors (Lipinski definition) is 0. The van der Waals surface area contributed by atoms with Crippen LogP contribution in [-0.4, -0.2) is 10.7 Å². The molecule has 0 atom stereocenters. The first-order valence-corrected chi connectivity index (χ1v) is 8.86. The molecule has 0 saturated heterocycles. The van der Waals surface area contributed by atoms with Gasteiger partial charge < -0.3 is 0 Å². The van der Waals surface area contributed by atoms with Crippen molar-refractivity contribution in [3.63, 3.8) is 0 Å². The van der Waals surface area contributed by atoms with Crippen LogP contribution in [0.5, 0.6) is 0 Å². The topological polar surface area (TPSA) is 25.2 Å². The second-order valence-corrected chi connectivity index (χ2v) is 6.46. The Labute approximate surface area is 157 Å². The van der Waals surface area contributed by atoms with Crippen molar-refractivity contribution in [2.45, 2.75) is 6.92 Å². The molecule has 3 heteroatoms. The van der Waals surface area contributed by atoms with E-state index < -0.39 is 0 Å². The molecule has 0 spiro atoms. The second kappa shape index (κ2) is 7.11. The lowest BCUT2D eigenvalue weighted by atomic mass is 10.0. The van der Waals surface area contributed by atoms with Crippen LogP contribution in [0.1, 0.15) is 16.7 Å². The fourth-order valence-electron chi connectivity index (χ4n) is 2.96. The zero-order valence-electron chi connectivity index (χ0n) is 14.4. The second-order valence-electron chi connectivity index (χ2n) is 6.08. The molecule has 0 aliphatic rings. The minimum atomic E-state index is 0.649. The third-order valence-electron chi connectivity index (χ3n) is 4.34. The number of fused-ring (bicyclic) bond motifs is 1. The van der Waals surface area contributed by atoms with E-state index in [-0.39, 0.29) is 0 Å². The van der Waals surface area contributed by atoms with E-state index in [4.69, 9.17) is 21.6 Å². The Morgan fingerprint density at radius 3 is 1.92 bits per heavy atom. The van der Waals surface area contributed by atoms with Gasteiger partial charge in [0.05, 0.1) is 16.3 Å². The van der Waals surface area contributed by atoms with Gasteiger partial charge in [-0.15, -0.1) is 0 Å². The zero-order valence-corrected chi connectivity index (χ0v) is 15.1. The summed E-state index contributed by atoms with van der Waals surface area (Å²) in [5.74, 6) is 0.649. The Bertz CT molecular complexity index is 1050. The van der Waals surface area contributed by atoms with Crippen LogP contribution in [0.25, 0.3) is 10.9 Å². The van der Waals surface area contributed by atoms with Gasteiger partial charge >= 0.3 is 0 Å². The van der Waals surface area contributed by atoms with E-state index in [9.17, 15) is 0 Å². The van der Waals surface area contributed by atoms with Gasteiger partial charge in [-0.2, -0.15) is 0 Å². The van der Waals surface area contributed by atoms with Crippen LogP contribution in [0.3, 0.4) is 0 Å². The first kappa shape index (κ1) is 16.5. The lowest BCUT2D eigenvalue weighted by Crippen LogP contribution is -2.03. The standard InChI is InChI=1S/C23H17ClN2/c1-16-21(24)19-14-8-9-15-20(19)25-23(16)26-22(17-10-4-2-5-11-17)18-12-6-3-7-13-18/h2-15H,1H3. The lowest BCUT2D eigenvalue weighted by molar-refractivity contribution is 1.27. The average molecular weight is 357 g/mol. The Morgan fingerprint density at radius 2 is 1.31 bits per heavy atom. The Balaban J connectivity index is 1.96. The molecule has 0 fully saturated rings. The summed E-state index contributed by atoms with van der Waals surface area (Å²) < 4.78 is 0. The minimum absolute atomic E-state index is 0.649. The minimum Gasteiger partial charge on any atom is -0.228 e. The summed E-state index contributed by atoms with van der Waals surface area (Å²) in [6.07, 6.45) is 0. The third kappa shape index (κ3) is 3.12. The molecule has 1 aromatic heterocycles. The van der Waals surface area contributed by atoms with E-state index in [1.54, 1.807) is 0 Å². The molecule has 4 rings (SSSR count). The maximum atomic E-state index is 6.60. The van der Waals surface area contributed by atoms with Crippen LogP contribution in [0.15, 0.2) is 89.9 Å². The van der Waals surface area contributed by atoms with Crippen LogP contribution >= 0.6 is 11.6 Å². The number of benzene rings is 3. The first-order chi connectivity index (χ1) is 12.7. The molecule has 0 saturated carbocycles. The van der Waals surface area contributed by atoms with Gasteiger partial charge in [0.2, 0.25) is 0 Å². The van der Waals surface area contributed by atoms with Gasteiger partial charge in [0.25, 0.3) is 0 Å². The predicted octanol–water partition coefficient (Wildman–Crippen LogP) is 6.37. The van der Waals surface area contributed by atoms with Crippen molar-refractivity contribution in [2.75, 3.05) is 0 Å². The average Bonchev–Trinajstić information content (AvgIpc) is 2.71. The summed E-state index contributed by atoms with van der Waals surface area (Å²) in [4.78, 5) is 9.69. The molecule has 26 heavy (non-hydrogen) atoms. The fourth-order valence-corrected chi connectivity index (χ4v) is 3.20. The predicted molar refractivity (Wildman–Crippen MR) is 110 cm³/mol. The molecule has 0 aliphatic carbocycles. The number of rotatable bonds is 3. The highest BCUT2D eigenvalue weighted by Crippen LogP contribution is 2.32. The number of para-hydroxylation sites is 1. The molecule has 0 bridgehead atoms. The van der Waals surface area contributed by atoms with Gasteiger partial charge in [0.15, 0.2) is 5.82 Å². The fraction of sp³-hybridized carbons (Fsp3) is 0.0435. The quantitative estimate of drug-likeness (QED) is 0.392. The van der Waals surface area contributed by atoms with Gasteiger partial charge in [0, 0.05) is 22.1 Å². The highest BCUT2D eigenvalue weighted by Gasteiger charge is 2.12. The summed E-state index contributed by atoms with van der Waals surface area (Å²) >= 11 is 6.60. The van der Waals surface area contributed by atoms with Crippen LogP contribution in [0, 0.1) is 6.92 Å². The van der Waals surface area contributed by atoms with Gasteiger partial charge in [0.1, 0.15) is 0 Å². The van der Waals surface area contributed by atoms with E-state index >= 15 is 0 Å². The molecule has 0 N–H and O–H groups in total. The highest BCUT2D eigenvalue weighted by atomic mass is 35.5. The first-order valence-electron chi connectivity index (χ1n) is 8.48.